The van der Waals surface area contributed by atoms with Crippen LogP contribution in [0.15, 0.2) is 48.9 Å². The number of nitrogens with zero attached hydrogens (tertiary/aromatic N) is 5. The monoisotopic (exact) mass is 474 g/mol. The third kappa shape index (κ3) is 6.00. The first-order valence-corrected chi connectivity index (χ1v) is 11.5. The van der Waals surface area contributed by atoms with Gasteiger partial charge in [-0.3, -0.25) is 4.79 Å². The van der Waals surface area contributed by atoms with Gasteiger partial charge in [0.2, 0.25) is 0 Å². The van der Waals surface area contributed by atoms with E-state index in [2.05, 4.69) is 30.5 Å². The molecular formula is C25H27FN8O. The average Bonchev–Trinajstić information content (AvgIpc) is 2.88. The summed E-state index contributed by atoms with van der Waals surface area (Å²) >= 11 is 0. The molecule has 1 aromatic carbocycles. The van der Waals surface area contributed by atoms with E-state index in [0.717, 1.165) is 37.3 Å². The molecule has 1 aliphatic rings. The molecule has 4 rings (SSSR count). The number of halogens is 1. The summed E-state index contributed by atoms with van der Waals surface area (Å²) in [4.78, 5) is 28.0. The molecule has 3 aromatic rings. The van der Waals surface area contributed by atoms with Crippen molar-refractivity contribution >= 4 is 23.4 Å². The molecule has 0 saturated carbocycles. The van der Waals surface area contributed by atoms with Gasteiger partial charge in [-0.15, -0.1) is 0 Å². The Morgan fingerprint density at radius 3 is 2.60 bits per heavy atom. The largest absolute Gasteiger partial charge is 0.382 e. The van der Waals surface area contributed by atoms with Crippen molar-refractivity contribution in [2.45, 2.75) is 25.8 Å². The Bertz CT molecular complexity index is 1200. The number of pyridine rings is 1. The summed E-state index contributed by atoms with van der Waals surface area (Å²) in [5, 5.41) is 15.5. The number of nitrogen functional groups attached to an aromatic ring is 1. The summed E-state index contributed by atoms with van der Waals surface area (Å²) < 4.78 is 13.2. The second kappa shape index (κ2) is 10.8. The highest BCUT2D eigenvalue weighted by molar-refractivity contribution is 5.99. The number of piperidine rings is 1. The predicted molar refractivity (Wildman–Crippen MR) is 131 cm³/mol. The Kier molecular flexibility index (Phi) is 7.35. The van der Waals surface area contributed by atoms with Crippen LogP contribution in [0.3, 0.4) is 0 Å². The maximum absolute atomic E-state index is 13.2. The van der Waals surface area contributed by atoms with E-state index in [-0.39, 0.29) is 17.8 Å². The standard InChI is InChI=1S/C25H27FN8O/c1-16(19-2-4-20(26)5-3-19)33-25(35)21-10-18(11-27)13-32-24(21)31-12-17-6-8-34(9-7-17)23-15-29-22(28)14-30-23/h2-5,10,13-17H,6-9,12H2,1H3,(H2,28,29)(H,31,32)(H,33,35). The lowest BCUT2D eigenvalue weighted by atomic mass is 9.96. The van der Waals surface area contributed by atoms with Gasteiger partial charge in [-0.05, 0) is 49.4 Å². The van der Waals surface area contributed by atoms with Gasteiger partial charge in [0.05, 0.1) is 29.6 Å². The molecule has 3 heterocycles. The van der Waals surface area contributed by atoms with E-state index >= 15 is 0 Å². The molecule has 0 aliphatic carbocycles. The highest BCUT2D eigenvalue weighted by Gasteiger charge is 2.22. The molecule has 1 atom stereocenters. The number of hydrogen-bond donors (Lipinski definition) is 3. The van der Waals surface area contributed by atoms with Crippen LogP contribution in [0.5, 0.6) is 0 Å². The Morgan fingerprint density at radius 1 is 1.20 bits per heavy atom. The van der Waals surface area contributed by atoms with Gasteiger partial charge in [-0.2, -0.15) is 5.26 Å². The maximum atomic E-state index is 13.2. The van der Waals surface area contributed by atoms with E-state index in [4.69, 9.17) is 5.73 Å². The molecule has 1 unspecified atom stereocenters. The molecule has 1 saturated heterocycles. The van der Waals surface area contributed by atoms with Crippen LogP contribution in [-0.2, 0) is 0 Å². The molecule has 0 bridgehead atoms. The average molecular weight is 475 g/mol. The number of carbonyl (C=O) groups is 1. The summed E-state index contributed by atoms with van der Waals surface area (Å²) in [5.41, 5.74) is 6.99. The Balaban J connectivity index is 1.38. The number of nitriles is 1. The minimum atomic E-state index is -0.356. The fraction of sp³-hybridized carbons (Fsp3) is 0.320. The van der Waals surface area contributed by atoms with Crippen molar-refractivity contribution in [3.63, 3.8) is 0 Å². The van der Waals surface area contributed by atoms with Crippen LogP contribution in [0.2, 0.25) is 0 Å². The van der Waals surface area contributed by atoms with Crippen LogP contribution in [0.1, 0.15) is 47.3 Å². The van der Waals surface area contributed by atoms with Gasteiger partial charge < -0.3 is 21.3 Å². The van der Waals surface area contributed by atoms with E-state index in [1.807, 2.05) is 13.0 Å². The quantitative estimate of drug-likeness (QED) is 0.475. The van der Waals surface area contributed by atoms with Crippen molar-refractivity contribution in [3.8, 4) is 6.07 Å². The summed E-state index contributed by atoms with van der Waals surface area (Å²) in [7, 11) is 0. The van der Waals surface area contributed by atoms with E-state index in [9.17, 15) is 14.4 Å². The Labute approximate surface area is 203 Å². The number of nitrogens with one attached hydrogen (secondary N) is 2. The third-order valence-corrected chi connectivity index (χ3v) is 6.13. The molecule has 180 valence electrons. The van der Waals surface area contributed by atoms with Crippen molar-refractivity contribution in [3.05, 3.63) is 71.4 Å². The number of anilines is 3. The van der Waals surface area contributed by atoms with Crippen LogP contribution in [0.25, 0.3) is 0 Å². The molecule has 1 aliphatic heterocycles. The van der Waals surface area contributed by atoms with Crippen LogP contribution >= 0.6 is 0 Å². The lowest BCUT2D eigenvalue weighted by molar-refractivity contribution is 0.0940. The topological polar surface area (TPSA) is 133 Å². The number of aromatic nitrogens is 3. The SMILES string of the molecule is CC(NC(=O)c1cc(C#N)cnc1NCC1CCN(c2cnc(N)cn2)CC1)c1ccc(F)cc1. The molecule has 9 nitrogen and oxygen atoms in total. The summed E-state index contributed by atoms with van der Waals surface area (Å²) in [5.74, 6) is 1.34. The van der Waals surface area contributed by atoms with Crippen molar-refractivity contribution in [2.24, 2.45) is 5.92 Å². The van der Waals surface area contributed by atoms with Gasteiger partial charge in [0, 0.05) is 25.8 Å². The molecule has 2 aromatic heterocycles. The zero-order chi connectivity index (χ0) is 24.8. The highest BCUT2D eigenvalue weighted by Crippen LogP contribution is 2.23. The zero-order valence-corrected chi connectivity index (χ0v) is 19.4. The van der Waals surface area contributed by atoms with Crippen molar-refractivity contribution in [2.75, 3.05) is 35.6 Å². The minimum absolute atomic E-state index is 0.299. The van der Waals surface area contributed by atoms with E-state index in [1.54, 1.807) is 24.5 Å². The lowest BCUT2D eigenvalue weighted by Gasteiger charge is -2.32. The number of nitrogens with two attached hydrogens (primary N) is 1. The second-order valence-corrected chi connectivity index (χ2v) is 8.59. The van der Waals surface area contributed by atoms with E-state index in [0.29, 0.717) is 35.2 Å². The number of hydrogen-bond acceptors (Lipinski definition) is 8. The number of benzene rings is 1. The Hall–Kier alpha value is -4.26. The summed E-state index contributed by atoms with van der Waals surface area (Å²) in [6, 6.07) is 9.19. The molecule has 4 N–H and O–H groups in total. The van der Waals surface area contributed by atoms with Gasteiger partial charge in [0.1, 0.15) is 29.3 Å². The fourth-order valence-electron chi connectivity index (χ4n) is 4.05. The molecule has 1 fully saturated rings. The van der Waals surface area contributed by atoms with Crippen LogP contribution in [0, 0.1) is 23.1 Å². The lowest BCUT2D eigenvalue weighted by Crippen LogP contribution is -2.36. The van der Waals surface area contributed by atoms with Crippen molar-refractivity contribution in [1.82, 2.24) is 20.3 Å². The predicted octanol–water partition coefficient (Wildman–Crippen LogP) is 3.28. The number of carbonyl (C=O) groups excluding carboxylic acids is 1. The van der Waals surface area contributed by atoms with Gasteiger partial charge in [-0.25, -0.2) is 19.3 Å². The van der Waals surface area contributed by atoms with Gasteiger partial charge >= 0.3 is 0 Å². The molecular weight excluding hydrogens is 447 g/mol. The molecule has 1 amide bonds. The van der Waals surface area contributed by atoms with Crippen molar-refractivity contribution < 1.29 is 9.18 Å². The van der Waals surface area contributed by atoms with Gasteiger partial charge in [-0.1, -0.05) is 12.1 Å². The van der Waals surface area contributed by atoms with Crippen LogP contribution in [-0.4, -0.2) is 40.5 Å². The smallest absolute Gasteiger partial charge is 0.255 e. The fourth-order valence-corrected chi connectivity index (χ4v) is 4.05. The molecule has 10 heteroatoms. The van der Waals surface area contributed by atoms with Crippen molar-refractivity contribution in [1.29, 1.82) is 5.26 Å². The normalized spacial score (nSPS) is 14.7. The van der Waals surface area contributed by atoms with E-state index in [1.165, 1.54) is 24.4 Å². The molecule has 35 heavy (non-hydrogen) atoms. The first kappa shape index (κ1) is 23.9. The zero-order valence-electron chi connectivity index (χ0n) is 19.4. The van der Waals surface area contributed by atoms with Crippen LogP contribution in [0.4, 0.5) is 21.8 Å². The number of rotatable bonds is 7. The number of amides is 1. The Morgan fingerprint density at radius 2 is 1.94 bits per heavy atom. The van der Waals surface area contributed by atoms with Gasteiger partial charge in [0.25, 0.3) is 5.91 Å². The second-order valence-electron chi connectivity index (χ2n) is 8.59. The minimum Gasteiger partial charge on any atom is -0.382 e. The first-order valence-electron chi connectivity index (χ1n) is 11.5. The van der Waals surface area contributed by atoms with Gasteiger partial charge in [0.15, 0.2) is 0 Å². The third-order valence-electron chi connectivity index (χ3n) is 6.13. The van der Waals surface area contributed by atoms with E-state index < -0.39 is 0 Å². The summed E-state index contributed by atoms with van der Waals surface area (Å²) in [6.07, 6.45) is 6.58. The highest BCUT2D eigenvalue weighted by atomic mass is 19.1. The molecule has 0 spiro atoms. The first-order chi connectivity index (χ1) is 16.9. The van der Waals surface area contributed by atoms with Crippen LogP contribution < -0.4 is 21.3 Å². The maximum Gasteiger partial charge on any atom is 0.255 e. The molecule has 0 radical (unpaired) electrons. The summed E-state index contributed by atoms with van der Waals surface area (Å²) in [6.45, 7) is 4.15.